The minimum atomic E-state index is -0.194. The molecule has 3 N–H and O–H groups in total. The fraction of sp³-hybridized carbons (Fsp3) is 0.455. The molecule has 15 heavy (non-hydrogen) atoms. The van der Waals surface area contributed by atoms with Crippen LogP contribution in [0.15, 0.2) is 18.2 Å². The van der Waals surface area contributed by atoms with Gasteiger partial charge in [-0.25, -0.2) is 0 Å². The number of hydrogen-bond acceptors (Lipinski definition) is 4. The van der Waals surface area contributed by atoms with Crippen molar-refractivity contribution in [1.29, 1.82) is 0 Å². The Labute approximate surface area is 88.6 Å². The standard InChI is InChI=1S/C11H15NO3/c1-14-7-2-3-11-9(4-7)10(12)5-8(6-13)15-11/h2-4,8,10,13H,5-6,12H2,1H3/t8?,10-/m0/s1. The molecule has 1 aliphatic rings. The first-order valence-electron chi connectivity index (χ1n) is 4.95. The molecule has 0 saturated carbocycles. The van der Waals surface area contributed by atoms with Crippen LogP contribution in [-0.2, 0) is 0 Å². The first-order valence-corrected chi connectivity index (χ1v) is 4.95. The molecular formula is C11H15NO3. The summed E-state index contributed by atoms with van der Waals surface area (Å²) in [6, 6.07) is 5.44. The van der Waals surface area contributed by atoms with Crippen molar-refractivity contribution in [2.75, 3.05) is 13.7 Å². The van der Waals surface area contributed by atoms with Crippen LogP contribution in [0.2, 0.25) is 0 Å². The highest BCUT2D eigenvalue weighted by atomic mass is 16.5. The molecule has 82 valence electrons. The lowest BCUT2D eigenvalue weighted by Gasteiger charge is -2.29. The van der Waals surface area contributed by atoms with E-state index in [-0.39, 0.29) is 18.8 Å². The molecule has 4 nitrogen and oxygen atoms in total. The summed E-state index contributed by atoms with van der Waals surface area (Å²) in [7, 11) is 1.62. The number of ether oxygens (including phenoxy) is 2. The Kier molecular flexibility index (Phi) is 2.79. The molecule has 1 heterocycles. The molecule has 4 heteroatoms. The minimum Gasteiger partial charge on any atom is -0.497 e. The normalized spacial score (nSPS) is 24.2. The number of hydrogen-bond donors (Lipinski definition) is 2. The third-order valence-corrected chi connectivity index (χ3v) is 2.63. The Morgan fingerprint density at radius 1 is 1.60 bits per heavy atom. The van der Waals surface area contributed by atoms with Crippen LogP contribution in [0.25, 0.3) is 0 Å². The van der Waals surface area contributed by atoms with Crippen LogP contribution in [0.3, 0.4) is 0 Å². The number of aliphatic hydroxyl groups excluding tert-OH is 1. The Balaban J connectivity index is 2.32. The average Bonchev–Trinajstić information content (AvgIpc) is 2.28. The molecule has 0 spiro atoms. The van der Waals surface area contributed by atoms with Gasteiger partial charge in [0.25, 0.3) is 0 Å². The minimum absolute atomic E-state index is 0.000824. The highest BCUT2D eigenvalue weighted by molar-refractivity contribution is 5.43. The van der Waals surface area contributed by atoms with Gasteiger partial charge in [-0.3, -0.25) is 0 Å². The van der Waals surface area contributed by atoms with Crippen molar-refractivity contribution in [2.24, 2.45) is 5.73 Å². The molecule has 1 aromatic carbocycles. The summed E-state index contributed by atoms with van der Waals surface area (Å²) in [6.45, 7) is -0.000824. The van der Waals surface area contributed by atoms with Gasteiger partial charge in [0.05, 0.1) is 13.7 Å². The Morgan fingerprint density at radius 3 is 3.07 bits per heavy atom. The topological polar surface area (TPSA) is 64.7 Å². The van der Waals surface area contributed by atoms with Crippen molar-refractivity contribution in [3.63, 3.8) is 0 Å². The zero-order chi connectivity index (χ0) is 10.8. The maximum Gasteiger partial charge on any atom is 0.124 e. The van der Waals surface area contributed by atoms with Crippen molar-refractivity contribution in [2.45, 2.75) is 18.6 Å². The molecule has 0 saturated heterocycles. The third kappa shape index (κ3) is 1.91. The van der Waals surface area contributed by atoms with Crippen molar-refractivity contribution in [3.8, 4) is 11.5 Å². The molecule has 0 radical (unpaired) electrons. The smallest absolute Gasteiger partial charge is 0.124 e. The van der Waals surface area contributed by atoms with E-state index in [0.717, 1.165) is 17.1 Å². The average molecular weight is 209 g/mol. The van der Waals surface area contributed by atoms with Gasteiger partial charge in [0, 0.05) is 18.0 Å². The number of benzene rings is 1. The molecule has 0 bridgehead atoms. The predicted molar refractivity (Wildman–Crippen MR) is 56.0 cm³/mol. The van der Waals surface area contributed by atoms with Gasteiger partial charge in [0.1, 0.15) is 17.6 Å². The van der Waals surface area contributed by atoms with Gasteiger partial charge in [-0.15, -0.1) is 0 Å². The summed E-state index contributed by atoms with van der Waals surface area (Å²) in [5.41, 5.74) is 6.93. The monoisotopic (exact) mass is 209 g/mol. The van der Waals surface area contributed by atoms with E-state index in [1.54, 1.807) is 7.11 Å². The van der Waals surface area contributed by atoms with Crippen LogP contribution in [0.4, 0.5) is 0 Å². The van der Waals surface area contributed by atoms with Crippen LogP contribution >= 0.6 is 0 Å². The molecule has 1 aliphatic heterocycles. The number of methoxy groups -OCH3 is 1. The van der Waals surface area contributed by atoms with E-state index in [1.165, 1.54) is 0 Å². The highest BCUT2D eigenvalue weighted by Gasteiger charge is 2.25. The van der Waals surface area contributed by atoms with Gasteiger partial charge in [-0.05, 0) is 18.2 Å². The van der Waals surface area contributed by atoms with E-state index < -0.39 is 0 Å². The highest BCUT2D eigenvalue weighted by Crippen LogP contribution is 2.35. The fourth-order valence-electron chi connectivity index (χ4n) is 1.80. The SMILES string of the molecule is COc1ccc2c(c1)[C@@H](N)CC(CO)O2. The number of fused-ring (bicyclic) bond motifs is 1. The van der Waals surface area contributed by atoms with Gasteiger partial charge < -0.3 is 20.3 Å². The summed E-state index contributed by atoms with van der Waals surface area (Å²) in [4.78, 5) is 0. The summed E-state index contributed by atoms with van der Waals surface area (Å²) in [5, 5.41) is 9.03. The molecule has 2 atom stereocenters. The van der Waals surface area contributed by atoms with Crippen molar-refractivity contribution < 1.29 is 14.6 Å². The lowest BCUT2D eigenvalue weighted by molar-refractivity contribution is 0.0887. The van der Waals surface area contributed by atoms with Crippen LogP contribution in [0, 0.1) is 0 Å². The zero-order valence-corrected chi connectivity index (χ0v) is 8.64. The first kappa shape index (κ1) is 10.3. The van der Waals surface area contributed by atoms with Gasteiger partial charge in [-0.2, -0.15) is 0 Å². The van der Waals surface area contributed by atoms with E-state index in [9.17, 15) is 0 Å². The second-order valence-corrected chi connectivity index (χ2v) is 3.67. The van der Waals surface area contributed by atoms with Gasteiger partial charge in [0.2, 0.25) is 0 Å². The number of rotatable bonds is 2. The Morgan fingerprint density at radius 2 is 2.40 bits per heavy atom. The van der Waals surface area contributed by atoms with Crippen LogP contribution in [0.1, 0.15) is 18.0 Å². The van der Waals surface area contributed by atoms with E-state index in [2.05, 4.69) is 0 Å². The zero-order valence-electron chi connectivity index (χ0n) is 8.64. The van der Waals surface area contributed by atoms with Crippen LogP contribution < -0.4 is 15.2 Å². The largest absolute Gasteiger partial charge is 0.497 e. The number of aliphatic hydroxyl groups is 1. The quantitative estimate of drug-likeness (QED) is 0.757. The molecule has 0 amide bonds. The van der Waals surface area contributed by atoms with Gasteiger partial charge in [-0.1, -0.05) is 0 Å². The van der Waals surface area contributed by atoms with Crippen molar-refractivity contribution in [3.05, 3.63) is 23.8 Å². The van der Waals surface area contributed by atoms with Gasteiger partial charge in [0.15, 0.2) is 0 Å². The lowest BCUT2D eigenvalue weighted by atomic mass is 9.97. The Bertz CT molecular complexity index is 354. The van der Waals surface area contributed by atoms with Crippen LogP contribution in [-0.4, -0.2) is 24.9 Å². The molecular weight excluding hydrogens is 194 g/mol. The Hall–Kier alpha value is -1.26. The van der Waals surface area contributed by atoms with E-state index in [4.69, 9.17) is 20.3 Å². The van der Waals surface area contributed by atoms with E-state index in [0.29, 0.717) is 6.42 Å². The molecule has 2 rings (SSSR count). The molecule has 0 fully saturated rings. The lowest BCUT2D eigenvalue weighted by Crippen LogP contribution is -2.32. The van der Waals surface area contributed by atoms with Crippen molar-refractivity contribution in [1.82, 2.24) is 0 Å². The summed E-state index contributed by atoms with van der Waals surface area (Å²) >= 11 is 0. The summed E-state index contributed by atoms with van der Waals surface area (Å²) < 4.78 is 10.7. The third-order valence-electron chi connectivity index (χ3n) is 2.63. The molecule has 0 aliphatic carbocycles. The maximum absolute atomic E-state index is 9.03. The number of nitrogens with two attached hydrogens (primary N) is 1. The second-order valence-electron chi connectivity index (χ2n) is 3.67. The predicted octanol–water partition coefficient (Wildman–Crippen LogP) is 0.838. The first-order chi connectivity index (χ1) is 7.24. The van der Waals surface area contributed by atoms with E-state index in [1.807, 2.05) is 18.2 Å². The fourth-order valence-corrected chi connectivity index (χ4v) is 1.80. The molecule has 1 aromatic rings. The van der Waals surface area contributed by atoms with Crippen molar-refractivity contribution >= 4 is 0 Å². The van der Waals surface area contributed by atoms with Gasteiger partial charge >= 0.3 is 0 Å². The van der Waals surface area contributed by atoms with E-state index >= 15 is 0 Å². The van der Waals surface area contributed by atoms with Crippen LogP contribution in [0.5, 0.6) is 11.5 Å². The summed E-state index contributed by atoms with van der Waals surface area (Å²) in [5.74, 6) is 1.52. The summed E-state index contributed by atoms with van der Waals surface area (Å²) in [6.07, 6.45) is 0.442. The second kappa shape index (κ2) is 4.08. The maximum atomic E-state index is 9.03. The molecule has 0 aromatic heterocycles. The molecule has 1 unspecified atom stereocenters.